The Balaban J connectivity index is 2.86. The molecule has 1 atom stereocenters. The Morgan fingerprint density at radius 1 is 1.20 bits per heavy atom. The summed E-state index contributed by atoms with van der Waals surface area (Å²) in [4.78, 5) is 22.5. The van der Waals surface area contributed by atoms with Crippen molar-refractivity contribution in [1.82, 2.24) is 5.32 Å². The van der Waals surface area contributed by atoms with Gasteiger partial charge >= 0.3 is 5.97 Å². The second-order valence-corrected chi connectivity index (χ2v) is 5.36. The minimum atomic E-state index is -0.950. The number of halogens is 1. The van der Waals surface area contributed by atoms with Crippen LogP contribution in [0.1, 0.15) is 49.8 Å². The SMILES string of the molecule is CC(C)c1ccc([C@H](CC(=O)O)NC(=O)CCCl)cc1. The van der Waals surface area contributed by atoms with Gasteiger partial charge in [-0.15, -0.1) is 11.6 Å². The lowest BCUT2D eigenvalue weighted by Crippen LogP contribution is -2.30. The number of carboxylic acids is 1. The van der Waals surface area contributed by atoms with E-state index in [2.05, 4.69) is 19.2 Å². The van der Waals surface area contributed by atoms with Crippen LogP contribution < -0.4 is 5.32 Å². The molecule has 5 heteroatoms. The summed E-state index contributed by atoms with van der Waals surface area (Å²) in [5, 5.41) is 11.7. The largest absolute Gasteiger partial charge is 0.481 e. The van der Waals surface area contributed by atoms with Gasteiger partial charge in [0, 0.05) is 12.3 Å². The zero-order valence-corrected chi connectivity index (χ0v) is 12.5. The van der Waals surface area contributed by atoms with Crippen molar-refractivity contribution in [3.63, 3.8) is 0 Å². The summed E-state index contributed by atoms with van der Waals surface area (Å²) < 4.78 is 0. The Hall–Kier alpha value is -1.55. The van der Waals surface area contributed by atoms with E-state index in [-0.39, 0.29) is 24.6 Å². The molecule has 0 aliphatic heterocycles. The average molecular weight is 298 g/mol. The topological polar surface area (TPSA) is 66.4 Å². The Bertz CT molecular complexity index is 457. The van der Waals surface area contributed by atoms with Crippen LogP contribution in [0, 0.1) is 0 Å². The maximum atomic E-state index is 11.6. The number of amides is 1. The first-order valence-electron chi connectivity index (χ1n) is 6.61. The van der Waals surface area contributed by atoms with Gasteiger partial charge in [-0.2, -0.15) is 0 Å². The highest BCUT2D eigenvalue weighted by Gasteiger charge is 2.18. The second-order valence-electron chi connectivity index (χ2n) is 4.98. The zero-order valence-electron chi connectivity index (χ0n) is 11.7. The van der Waals surface area contributed by atoms with E-state index < -0.39 is 12.0 Å². The first-order chi connectivity index (χ1) is 9.43. The van der Waals surface area contributed by atoms with Crippen LogP contribution in [0.15, 0.2) is 24.3 Å². The summed E-state index contributed by atoms with van der Waals surface area (Å²) in [6, 6.07) is 7.13. The molecule has 20 heavy (non-hydrogen) atoms. The Kier molecular flexibility index (Phi) is 6.52. The normalized spacial score (nSPS) is 12.2. The van der Waals surface area contributed by atoms with Crippen molar-refractivity contribution in [3.05, 3.63) is 35.4 Å². The number of alkyl halides is 1. The zero-order chi connectivity index (χ0) is 15.1. The second kappa shape index (κ2) is 7.90. The van der Waals surface area contributed by atoms with Crippen LogP contribution in [0.5, 0.6) is 0 Å². The fourth-order valence-electron chi connectivity index (χ4n) is 1.89. The van der Waals surface area contributed by atoms with Crippen molar-refractivity contribution in [3.8, 4) is 0 Å². The predicted molar refractivity (Wildman–Crippen MR) is 79.0 cm³/mol. The van der Waals surface area contributed by atoms with Crippen LogP contribution in [0.25, 0.3) is 0 Å². The minimum absolute atomic E-state index is 0.144. The summed E-state index contributed by atoms with van der Waals surface area (Å²) in [6.07, 6.45) is 0.0385. The number of rotatable bonds is 7. The third-order valence-corrected chi connectivity index (χ3v) is 3.23. The number of carbonyl (C=O) groups is 2. The molecule has 4 nitrogen and oxygen atoms in total. The van der Waals surface area contributed by atoms with Crippen molar-refractivity contribution in [2.24, 2.45) is 0 Å². The predicted octanol–water partition coefficient (Wildman–Crippen LogP) is 3.07. The standard InChI is InChI=1S/C15H20ClNO3/c1-10(2)11-3-5-12(6-4-11)13(9-15(19)20)17-14(18)7-8-16/h3-6,10,13H,7-9H2,1-2H3,(H,17,18)(H,19,20)/t13-/m0/s1. The highest BCUT2D eigenvalue weighted by Crippen LogP contribution is 2.21. The highest BCUT2D eigenvalue weighted by atomic mass is 35.5. The first-order valence-corrected chi connectivity index (χ1v) is 7.14. The van der Waals surface area contributed by atoms with Gasteiger partial charge in [-0.3, -0.25) is 9.59 Å². The van der Waals surface area contributed by atoms with Gasteiger partial charge in [0.15, 0.2) is 0 Å². The lowest BCUT2D eigenvalue weighted by atomic mass is 9.97. The van der Waals surface area contributed by atoms with E-state index >= 15 is 0 Å². The molecule has 1 rings (SSSR count). The van der Waals surface area contributed by atoms with Gasteiger partial charge in [0.05, 0.1) is 12.5 Å². The molecule has 0 unspecified atom stereocenters. The van der Waals surface area contributed by atoms with E-state index in [1.807, 2.05) is 24.3 Å². The van der Waals surface area contributed by atoms with Crippen LogP contribution in [0.2, 0.25) is 0 Å². The quantitative estimate of drug-likeness (QED) is 0.760. The molecular formula is C15H20ClNO3. The molecule has 0 spiro atoms. The van der Waals surface area contributed by atoms with Crippen molar-refractivity contribution >= 4 is 23.5 Å². The van der Waals surface area contributed by atoms with E-state index in [9.17, 15) is 9.59 Å². The fourth-order valence-corrected chi connectivity index (χ4v) is 2.06. The summed E-state index contributed by atoms with van der Waals surface area (Å²) in [6.45, 7) is 4.18. The Morgan fingerprint density at radius 3 is 2.20 bits per heavy atom. The van der Waals surface area contributed by atoms with E-state index in [0.717, 1.165) is 5.56 Å². The highest BCUT2D eigenvalue weighted by molar-refractivity contribution is 6.18. The van der Waals surface area contributed by atoms with Crippen molar-refractivity contribution in [2.75, 3.05) is 5.88 Å². The van der Waals surface area contributed by atoms with E-state index in [1.165, 1.54) is 5.56 Å². The average Bonchev–Trinajstić information content (AvgIpc) is 2.38. The molecule has 1 amide bonds. The number of hydrogen-bond acceptors (Lipinski definition) is 2. The first kappa shape index (κ1) is 16.5. The van der Waals surface area contributed by atoms with Gasteiger partial charge in [-0.25, -0.2) is 0 Å². The van der Waals surface area contributed by atoms with Gasteiger partial charge in [0.1, 0.15) is 0 Å². The third kappa shape index (κ3) is 5.21. The third-order valence-electron chi connectivity index (χ3n) is 3.04. The van der Waals surface area contributed by atoms with E-state index in [1.54, 1.807) is 0 Å². The molecular weight excluding hydrogens is 278 g/mol. The van der Waals surface area contributed by atoms with Crippen LogP contribution in [-0.4, -0.2) is 22.9 Å². The molecule has 0 heterocycles. The molecule has 0 aromatic heterocycles. The van der Waals surface area contributed by atoms with Gasteiger partial charge < -0.3 is 10.4 Å². The van der Waals surface area contributed by atoms with Crippen molar-refractivity contribution in [1.29, 1.82) is 0 Å². The van der Waals surface area contributed by atoms with Gasteiger partial charge in [-0.05, 0) is 17.0 Å². The minimum Gasteiger partial charge on any atom is -0.481 e. The number of carbonyl (C=O) groups excluding carboxylic acids is 1. The smallest absolute Gasteiger partial charge is 0.305 e. The number of benzene rings is 1. The fraction of sp³-hybridized carbons (Fsp3) is 0.467. The molecule has 0 aliphatic carbocycles. The summed E-state index contributed by atoms with van der Waals surface area (Å²) in [7, 11) is 0. The molecule has 0 radical (unpaired) electrons. The Morgan fingerprint density at radius 2 is 1.75 bits per heavy atom. The van der Waals surface area contributed by atoms with E-state index in [0.29, 0.717) is 5.92 Å². The maximum Gasteiger partial charge on any atom is 0.305 e. The van der Waals surface area contributed by atoms with E-state index in [4.69, 9.17) is 16.7 Å². The summed E-state index contributed by atoms with van der Waals surface area (Å²) in [5.74, 6) is -0.557. The van der Waals surface area contributed by atoms with Crippen molar-refractivity contribution < 1.29 is 14.7 Å². The molecule has 0 saturated heterocycles. The van der Waals surface area contributed by atoms with Crippen molar-refractivity contribution in [2.45, 2.75) is 38.6 Å². The number of carboxylic acid groups (broad SMARTS) is 1. The summed E-state index contributed by atoms with van der Waals surface area (Å²) >= 11 is 5.51. The lowest BCUT2D eigenvalue weighted by molar-refractivity contribution is -0.137. The summed E-state index contributed by atoms with van der Waals surface area (Å²) in [5.41, 5.74) is 1.97. The lowest BCUT2D eigenvalue weighted by Gasteiger charge is -2.18. The molecule has 110 valence electrons. The molecule has 1 aromatic carbocycles. The van der Waals surface area contributed by atoms with Gasteiger partial charge in [-0.1, -0.05) is 38.1 Å². The maximum absolute atomic E-state index is 11.6. The molecule has 0 aliphatic rings. The number of aliphatic carboxylic acids is 1. The van der Waals surface area contributed by atoms with Gasteiger partial charge in [0.2, 0.25) is 5.91 Å². The molecule has 0 fully saturated rings. The van der Waals surface area contributed by atoms with Crippen LogP contribution in [0.4, 0.5) is 0 Å². The monoisotopic (exact) mass is 297 g/mol. The van der Waals surface area contributed by atoms with Crippen LogP contribution in [-0.2, 0) is 9.59 Å². The number of hydrogen-bond donors (Lipinski definition) is 2. The molecule has 1 aromatic rings. The van der Waals surface area contributed by atoms with Crippen LogP contribution in [0.3, 0.4) is 0 Å². The molecule has 0 bridgehead atoms. The number of nitrogens with one attached hydrogen (secondary N) is 1. The Labute approximate surface area is 124 Å². The van der Waals surface area contributed by atoms with Crippen LogP contribution >= 0.6 is 11.6 Å². The molecule has 2 N–H and O–H groups in total. The van der Waals surface area contributed by atoms with Gasteiger partial charge in [0.25, 0.3) is 0 Å². The molecule has 0 saturated carbocycles.